The lowest BCUT2D eigenvalue weighted by molar-refractivity contribution is -0.384. The summed E-state index contributed by atoms with van der Waals surface area (Å²) in [5, 5.41) is 12.2. The summed E-state index contributed by atoms with van der Waals surface area (Å²) in [7, 11) is -0.355. The van der Waals surface area contributed by atoms with Crippen molar-refractivity contribution in [1.82, 2.24) is 4.72 Å². The van der Waals surface area contributed by atoms with Crippen LogP contribution in [0, 0.1) is 27.4 Å². The van der Waals surface area contributed by atoms with E-state index in [1.165, 1.54) is 24.4 Å². The number of nitro benzene ring substituents is 1. The van der Waals surface area contributed by atoms with Crippen molar-refractivity contribution in [3.63, 3.8) is 0 Å². The minimum absolute atomic E-state index is 0.0920. The average Bonchev–Trinajstić information content (AvgIpc) is 3.47. The topological polar surface area (TPSA) is 86.8 Å². The van der Waals surface area contributed by atoms with Gasteiger partial charge in [0.25, 0.3) is 5.69 Å². The van der Waals surface area contributed by atoms with E-state index in [-0.39, 0.29) is 35.9 Å². The van der Waals surface area contributed by atoms with Crippen LogP contribution in [0.1, 0.15) is 37.8 Å². The number of rotatable bonds is 8. The fraction of sp³-hybridized carbons (Fsp3) is 0.462. The molecule has 1 aliphatic heterocycles. The van der Waals surface area contributed by atoms with Gasteiger partial charge < -0.3 is 13.7 Å². The third kappa shape index (κ3) is 4.18. The van der Waals surface area contributed by atoms with E-state index in [1.54, 1.807) is 12.1 Å². The Morgan fingerprint density at radius 1 is 1.20 bits per heavy atom. The molecule has 3 saturated carbocycles. The van der Waals surface area contributed by atoms with Crippen molar-refractivity contribution in [2.45, 2.75) is 57.0 Å². The number of nitrogens with one attached hydrogen (secondary N) is 1. The maximum Gasteiger partial charge on any atom is 0.477 e. The Hall–Kier alpha value is -2.33. The van der Waals surface area contributed by atoms with Gasteiger partial charge in [-0.1, -0.05) is 56.1 Å². The molecule has 1 aromatic heterocycles. The minimum Gasteiger partial charge on any atom is -0.464 e. The lowest BCUT2D eigenvalue weighted by atomic mass is 9.47. The van der Waals surface area contributed by atoms with Crippen LogP contribution in [-0.4, -0.2) is 30.2 Å². The van der Waals surface area contributed by atoms with Crippen LogP contribution in [0.2, 0.25) is 0 Å². The highest BCUT2D eigenvalue weighted by atomic mass is 32.2. The first kappa shape index (κ1) is 23.1. The van der Waals surface area contributed by atoms with Gasteiger partial charge >= 0.3 is 7.12 Å². The lowest BCUT2D eigenvalue weighted by Crippen LogP contribution is -2.59. The molecule has 0 amide bonds. The molecule has 2 heterocycles. The number of para-hydroxylation sites is 1. The Labute approximate surface area is 209 Å². The van der Waals surface area contributed by atoms with E-state index in [9.17, 15) is 10.1 Å². The second kappa shape index (κ2) is 8.96. The van der Waals surface area contributed by atoms with Crippen LogP contribution in [0.4, 0.5) is 5.69 Å². The van der Waals surface area contributed by atoms with Gasteiger partial charge in [0, 0.05) is 23.3 Å². The zero-order chi connectivity index (χ0) is 24.2. The zero-order valence-electron chi connectivity index (χ0n) is 19.9. The smallest absolute Gasteiger partial charge is 0.464 e. The first-order valence-electron chi connectivity index (χ1n) is 12.3. The van der Waals surface area contributed by atoms with E-state index in [0.717, 1.165) is 28.5 Å². The first-order valence-corrected chi connectivity index (χ1v) is 13.3. The third-order valence-electron chi connectivity index (χ3n) is 8.35. The molecule has 3 aliphatic carbocycles. The van der Waals surface area contributed by atoms with Crippen LogP contribution >= 0.6 is 11.9 Å². The molecule has 3 aromatic rings. The molecule has 5 atom stereocenters. The maximum absolute atomic E-state index is 11.1. The highest BCUT2D eigenvalue weighted by Gasteiger charge is 2.62. The van der Waals surface area contributed by atoms with Gasteiger partial charge in [-0.2, -0.15) is 0 Å². The van der Waals surface area contributed by atoms with Crippen molar-refractivity contribution in [1.29, 1.82) is 0 Å². The van der Waals surface area contributed by atoms with Crippen LogP contribution in [0.15, 0.2) is 59.2 Å². The largest absolute Gasteiger partial charge is 0.477 e. The van der Waals surface area contributed by atoms with Gasteiger partial charge in [-0.3, -0.25) is 14.8 Å². The second-order valence-corrected chi connectivity index (χ2v) is 11.5. The van der Waals surface area contributed by atoms with Gasteiger partial charge in [0.05, 0.1) is 29.3 Å². The van der Waals surface area contributed by atoms with Gasteiger partial charge in [0.15, 0.2) is 0 Å². The predicted molar refractivity (Wildman–Crippen MR) is 137 cm³/mol. The summed E-state index contributed by atoms with van der Waals surface area (Å²) in [5.74, 6) is 1.76. The minimum atomic E-state index is -0.358. The van der Waals surface area contributed by atoms with E-state index >= 15 is 0 Å². The molecule has 5 unspecified atom stereocenters. The number of nitrogens with zero attached hydrogens (tertiary/aromatic N) is 1. The van der Waals surface area contributed by atoms with Crippen molar-refractivity contribution in [3.05, 3.63) is 76.0 Å². The van der Waals surface area contributed by atoms with E-state index in [2.05, 4.69) is 24.6 Å². The normalized spacial score (nSPS) is 27.4. The molecule has 0 spiro atoms. The standard InChI is InChI=1S/C26H29BN2O5S/c1-26(2)18-12-21(26)25-23(13-18)33-27(34-25)24(11-17-14-32-22-9-4-3-8-20(17)22)28-35-15-16-6-5-7-19(10-16)29(30)31/h3-10,14,18,21,23-25,28H,11-13,15H2,1-2H3. The highest BCUT2D eigenvalue weighted by Crippen LogP contribution is 2.61. The second-order valence-electron chi connectivity index (χ2n) is 10.6. The van der Waals surface area contributed by atoms with Crippen LogP contribution in [-0.2, 0) is 21.5 Å². The van der Waals surface area contributed by atoms with Gasteiger partial charge in [-0.05, 0) is 53.7 Å². The van der Waals surface area contributed by atoms with Crippen molar-refractivity contribution in [2.24, 2.45) is 17.3 Å². The molecule has 2 bridgehead atoms. The summed E-state index contributed by atoms with van der Waals surface area (Å²) in [4.78, 5) is 10.8. The van der Waals surface area contributed by atoms with E-state index in [0.29, 0.717) is 29.4 Å². The Morgan fingerprint density at radius 2 is 2.06 bits per heavy atom. The predicted octanol–water partition coefficient (Wildman–Crippen LogP) is 5.57. The number of hydrogen-bond donors (Lipinski definition) is 1. The average molecular weight is 492 g/mol. The van der Waals surface area contributed by atoms with Crippen LogP contribution in [0.3, 0.4) is 0 Å². The Kier molecular flexibility index (Phi) is 5.91. The molecule has 182 valence electrons. The summed E-state index contributed by atoms with van der Waals surface area (Å²) in [6.45, 7) is 4.72. The number of non-ortho nitro benzene ring substituents is 1. The zero-order valence-corrected chi connectivity index (χ0v) is 20.7. The number of nitro groups is 1. The van der Waals surface area contributed by atoms with Crippen molar-refractivity contribution >= 4 is 35.7 Å². The number of fused-ring (bicyclic) bond motifs is 1. The fourth-order valence-electron chi connectivity index (χ4n) is 6.16. The molecule has 4 fully saturated rings. The molecule has 4 aliphatic rings. The Bertz CT molecular complexity index is 1250. The molecule has 0 radical (unpaired) electrons. The van der Waals surface area contributed by atoms with Crippen LogP contribution in [0.25, 0.3) is 11.0 Å². The SMILES string of the molecule is CC1(C)C2CC3OB(C(Cc4coc5ccccc45)NSCc4cccc([N+](=O)[O-])c4)OC3C1C2. The van der Waals surface area contributed by atoms with Crippen LogP contribution < -0.4 is 4.72 Å². The van der Waals surface area contributed by atoms with Gasteiger partial charge in [0.2, 0.25) is 0 Å². The first-order chi connectivity index (χ1) is 16.9. The quantitative estimate of drug-likeness (QED) is 0.191. The van der Waals surface area contributed by atoms with E-state index < -0.39 is 0 Å². The molecular weight excluding hydrogens is 463 g/mol. The highest BCUT2D eigenvalue weighted by molar-refractivity contribution is 7.96. The number of hydrogen-bond acceptors (Lipinski definition) is 7. The summed E-state index contributed by atoms with van der Waals surface area (Å²) >= 11 is 1.53. The van der Waals surface area contributed by atoms with E-state index in [4.69, 9.17) is 13.7 Å². The molecular formula is C26H29BN2O5S. The molecule has 7 nitrogen and oxygen atoms in total. The molecule has 1 N–H and O–H groups in total. The summed E-state index contributed by atoms with van der Waals surface area (Å²) in [6.07, 6.45) is 5.12. The summed E-state index contributed by atoms with van der Waals surface area (Å²) < 4.78 is 22.5. The maximum atomic E-state index is 11.1. The third-order valence-corrected chi connectivity index (χ3v) is 9.30. The molecule has 35 heavy (non-hydrogen) atoms. The fourth-order valence-corrected chi connectivity index (χ4v) is 7.00. The van der Waals surface area contributed by atoms with Gasteiger partial charge in [0.1, 0.15) is 5.58 Å². The monoisotopic (exact) mass is 492 g/mol. The van der Waals surface area contributed by atoms with E-state index in [1.807, 2.05) is 30.5 Å². The Balaban J connectivity index is 1.19. The molecule has 1 saturated heterocycles. The van der Waals surface area contributed by atoms with Gasteiger partial charge in [-0.25, -0.2) is 0 Å². The van der Waals surface area contributed by atoms with Crippen LogP contribution in [0.5, 0.6) is 0 Å². The molecule has 2 aromatic carbocycles. The number of furan rings is 1. The molecule has 7 rings (SSSR count). The summed E-state index contributed by atoms with van der Waals surface area (Å²) in [6, 6.07) is 14.8. The van der Waals surface area contributed by atoms with Crippen molar-refractivity contribution in [2.75, 3.05) is 0 Å². The molecule has 9 heteroatoms. The lowest BCUT2D eigenvalue weighted by Gasteiger charge is -2.60. The van der Waals surface area contributed by atoms with Crippen molar-refractivity contribution < 1.29 is 18.6 Å². The van der Waals surface area contributed by atoms with Gasteiger partial charge in [-0.15, -0.1) is 0 Å². The van der Waals surface area contributed by atoms with Crippen molar-refractivity contribution in [3.8, 4) is 0 Å². The Morgan fingerprint density at radius 3 is 2.89 bits per heavy atom. The summed E-state index contributed by atoms with van der Waals surface area (Å²) in [5.41, 5.74) is 3.31. The number of benzene rings is 2.